The van der Waals surface area contributed by atoms with Crippen LogP contribution in [0.3, 0.4) is 0 Å². The summed E-state index contributed by atoms with van der Waals surface area (Å²) in [4.78, 5) is 0. The number of rotatable bonds is 3. The van der Waals surface area contributed by atoms with Crippen molar-refractivity contribution >= 4 is 12.4 Å². The molecule has 5 N–H and O–H groups in total. The van der Waals surface area contributed by atoms with E-state index in [1.54, 1.807) is 0 Å². The molecule has 0 aromatic rings. The molecule has 0 rings (SSSR count). The second-order valence-corrected chi connectivity index (χ2v) is 1.84. The largest absolute Gasteiger partial charge is 0.394 e. The zero-order valence-electron chi connectivity index (χ0n) is 5.66. The second kappa shape index (κ2) is 7.86. The number of nitrogens with two attached hydrogens (primary N) is 1. The zero-order chi connectivity index (χ0) is 6.62. The minimum atomic E-state index is -1.21. The van der Waals surface area contributed by atoms with Gasteiger partial charge in [0.05, 0.1) is 25.4 Å². The Labute approximate surface area is 78.6 Å². The number of aliphatic hydroxyl groups is 3. The molecular weight excluding hydrogens is 211 g/mol. The van der Waals surface area contributed by atoms with Crippen molar-refractivity contribution in [2.75, 3.05) is 19.8 Å². The quantitative estimate of drug-likeness (QED) is 0.420. The van der Waals surface area contributed by atoms with Crippen LogP contribution in [0, 0.1) is 0 Å². The Morgan fingerprint density at radius 1 is 1.00 bits per heavy atom. The van der Waals surface area contributed by atoms with Crippen molar-refractivity contribution in [3.8, 4) is 0 Å². The van der Waals surface area contributed by atoms with Crippen molar-refractivity contribution < 1.29 is 34.8 Å². The van der Waals surface area contributed by atoms with Gasteiger partial charge in [-0.15, -0.1) is 12.4 Å². The number of halogens is 1. The third-order valence-electron chi connectivity index (χ3n) is 0.945. The molecule has 0 bridgehead atoms. The van der Waals surface area contributed by atoms with Crippen LogP contribution in [0.1, 0.15) is 0 Å². The summed E-state index contributed by atoms with van der Waals surface area (Å²) in [7, 11) is 0. The number of hydrogen-bond acceptors (Lipinski definition) is 4. The molecule has 0 radical (unpaired) electrons. The van der Waals surface area contributed by atoms with E-state index < -0.39 is 25.4 Å². The third kappa shape index (κ3) is 5.53. The molecule has 6 heteroatoms. The van der Waals surface area contributed by atoms with E-state index in [0.29, 0.717) is 0 Å². The minimum Gasteiger partial charge on any atom is -0.394 e. The molecule has 0 unspecified atom stereocenters. The summed E-state index contributed by atoms with van der Waals surface area (Å²) >= 11 is 0. The SMILES string of the molecule is Cl.NC(CO)(CO)CO.[Zn]. The summed E-state index contributed by atoms with van der Waals surface area (Å²) in [5, 5.41) is 25.0. The number of aliphatic hydroxyl groups excluding tert-OH is 3. The Morgan fingerprint density at radius 3 is 1.20 bits per heavy atom. The molecule has 10 heavy (non-hydrogen) atoms. The Hall–Kier alpha value is 0.753. The molecule has 0 aliphatic rings. The van der Waals surface area contributed by atoms with Gasteiger partial charge in [0.15, 0.2) is 0 Å². The second-order valence-electron chi connectivity index (χ2n) is 1.84. The van der Waals surface area contributed by atoms with Crippen LogP contribution in [-0.2, 0) is 19.5 Å². The van der Waals surface area contributed by atoms with E-state index in [-0.39, 0.29) is 31.9 Å². The van der Waals surface area contributed by atoms with Gasteiger partial charge in [0, 0.05) is 19.5 Å². The van der Waals surface area contributed by atoms with Gasteiger partial charge < -0.3 is 21.1 Å². The van der Waals surface area contributed by atoms with Gasteiger partial charge in [-0.25, -0.2) is 0 Å². The van der Waals surface area contributed by atoms with Crippen molar-refractivity contribution in [1.82, 2.24) is 0 Å². The van der Waals surface area contributed by atoms with Gasteiger partial charge in [0.1, 0.15) is 0 Å². The average molecular weight is 223 g/mol. The van der Waals surface area contributed by atoms with Crippen LogP contribution in [0.15, 0.2) is 0 Å². The van der Waals surface area contributed by atoms with Gasteiger partial charge in [-0.3, -0.25) is 0 Å². The maximum atomic E-state index is 8.34. The van der Waals surface area contributed by atoms with Crippen LogP contribution in [0.2, 0.25) is 0 Å². The van der Waals surface area contributed by atoms with Crippen LogP contribution in [0.4, 0.5) is 0 Å². The molecule has 0 saturated heterocycles. The molecule has 0 atom stereocenters. The van der Waals surface area contributed by atoms with E-state index in [1.165, 1.54) is 0 Å². The summed E-state index contributed by atoms with van der Waals surface area (Å²) < 4.78 is 0. The van der Waals surface area contributed by atoms with Crippen LogP contribution in [0.5, 0.6) is 0 Å². The molecule has 0 amide bonds. The summed E-state index contributed by atoms with van der Waals surface area (Å²) in [6, 6.07) is 0. The maximum absolute atomic E-state index is 8.34. The first-order chi connectivity index (χ1) is 3.68. The van der Waals surface area contributed by atoms with Gasteiger partial charge in [-0.2, -0.15) is 0 Å². The van der Waals surface area contributed by atoms with E-state index >= 15 is 0 Å². The van der Waals surface area contributed by atoms with Crippen LogP contribution >= 0.6 is 12.4 Å². The standard InChI is InChI=1S/C4H11NO3.ClH.Zn/c5-4(1-6,2-7)3-8;;/h6-8H,1-3,5H2;1H;. The van der Waals surface area contributed by atoms with Gasteiger partial charge >= 0.3 is 0 Å². The van der Waals surface area contributed by atoms with E-state index in [4.69, 9.17) is 21.1 Å². The Morgan fingerprint density at radius 2 is 1.20 bits per heavy atom. The van der Waals surface area contributed by atoms with Gasteiger partial charge in [-0.1, -0.05) is 0 Å². The molecule has 0 spiro atoms. The predicted octanol–water partition coefficient (Wildman–Crippen LogP) is -1.92. The van der Waals surface area contributed by atoms with Crippen molar-refractivity contribution in [1.29, 1.82) is 0 Å². The van der Waals surface area contributed by atoms with Crippen molar-refractivity contribution in [3.05, 3.63) is 0 Å². The predicted molar refractivity (Wildman–Crippen MR) is 35.4 cm³/mol. The third-order valence-corrected chi connectivity index (χ3v) is 0.945. The summed E-state index contributed by atoms with van der Waals surface area (Å²) in [5.41, 5.74) is 3.94. The fourth-order valence-electron chi connectivity index (χ4n) is 0.150. The molecule has 0 aliphatic heterocycles. The smallest absolute Gasteiger partial charge is 0.0856 e. The molecule has 60 valence electrons. The van der Waals surface area contributed by atoms with E-state index in [1.807, 2.05) is 0 Å². The van der Waals surface area contributed by atoms with E-state index in [0.717, 1.165) is 0 Å². The maximum Gasteiger partial charge on any atom is 0.0856 e. The van der Waals surface area contributed by atoms with Crippen LogP contribution in [0.25, 0.3) is 0 Å². The van der Waals surface area contributed by atoms with E-state index in [9.17, 15) is 0 Å². The van der Waals surface area contributed by atoms with Crippen molar-refractivity contribution in [3.63, 3.8) is 0 Å². The Bertz CT molecular complexity index is 63.3. The molecule has 0 saturated carbocycles. The Kier molecular flexibility index (Phi) is 13.4. The first-order valence-electron chi connectivity index (χ1n) is 2.30. The molecular formula is C4H12ClNO3Zn. The molecule has 0 aromatic heterocycles. The number of hydrogen-bond donors (Lipinski definition) is 4. The molecule has 4 nitrogen and oxygen atoms in total. The molecule has 0 heterocycles. The van der Waals surface area contributed by atoms with Crippen LogP contribution in [-0.4, -0.2) is 40.7 Å². The van der Waals surface area contributed by atoms with Crippen LogP contribution < -0.4 is 5.73 Å². The van der Waals surface area contributed by atoms with Gasteiger partial charge in [-0.05, 0) is 0 Å². The van der Waals surface area contributed by atoms with E-state index in [2.05, 4.69) is 0 Å². The summed E-state index contributed by atoms with van der Waals surface area (Å²) in [6.45, 7) is -1.21. The van der Waals surface area contributed by atoms with Gasteiger partial charge in [0.25, 0.3) is 0 Å². The normalized spacial score (nSPS) is 9.60. The first-order valence-corrected chi connectivity index (χ1v) is 2.30. The molecule has 0 fully saturated rings. The minimum absolute atomic E-state index is 0. The Balaban J connectivity index is -0.000000245. The fourth-order valence-corrected chi connectivity index (χ4v) is 0.150. The van der Waals surface area contributed by atoms with Gasteiger partial charge in [0.2, 0.25) is 0 Å². The fraction of sp³-hybridized carbons (Fsp3) is 1.00. The summed E-state index contributed by atoms with van der Waals surface area (Å²) in [5.74, 6) is 0. The van der Waals surface area contributed by atoms with Crippen molar-refractivity contribution in [2.45, 2.75) is 5.54 Å². The topological polar surface area (TPSA) is 86.7 Å². The average Bonchev–Trinajstić information content (AvgIpc) is 1.87. The van der Waals surface area contributed by atoms with Crippen molar-refractivity contribution in [2.24, 2.45) is 5.73 Å². The summed E-state index contributed by atoms with van der Waals surface area (Å²) in [6.07, 6.45) is 0. The molecule has 0 aromatic carbocycles. The zero-order valence-corrected chi connectivity index (χ0v) is 9.44. The first kappa shape index (κ1) is 17.0. The molecule has 0 aliphatic carbocycles. The monoisotopic (exact) mass is 221 g/mol.